The minimum atomic E-state index is -5.08. The van der Waals surface area contributed by atoms with E-state index in [1.165, 1.54) is 32.4 Å². The smallest absolute Gasteiger partial charge is 0.490 e. The maximum atomic E-state index is 10.6. The molecule has 44 heavy (non-hydrogen) atoms. The van der Waals surface area contributed by atoms with Crippen LogP contribution in [0, 0.1) is 0 Å². The highest BCUT2D eigenvalue weighted by Gasteiger charge is 2.39. The van der Waals surface area contributed by atoms with Crippen molar-refractivity contribution in [3.8, 4) is 17.0 Å². The first-order chi connectivity index (χ1) is 20.6. The minimum absolute atomic E-state index is 0.904. The van der Waals surface area contributed by atoms with Crippen LogP contribution in [0.3, 0.4) is 0 Å². The van der Waals surface area contributed by atoms with Crippen LogP contribution < -0.4 is 9.64 Å². The summed E-state index contributed by atoms with van der Waals surface area (Å²) in [6.07, 6.45) is -10.2. The average Bonchev–Trinajstić information content (AvgIpc) is 3.31. The Labute approximate surface area is 252 Å². The van der Waals surface area contributed by atoms with Gasteiger partial charge in [0, 0.05) is 56.3 Å². The maximum absolute atomic E-state index is 10.6. The van der Waals surface area contributed by atoms with E-state index in [9.17, 15) is 26.3 Å². The molecule has 3 heterocycles. The van der Waals surface area contributed by atoms with Crippen molar-refractivity contribution >= 4 is 28.4 Å². The number of methoxy groups -OCH3 is 1. The number of thiazole rings is 1. The summed E-state index contributed by atoms with van der Waals surface area (Å²) < 4.78 is 68.8. The van der Waals surface area contributed by atoms with Crippen LogP contribution in [-0.2, 0) is 29.2 Å². The molecule has 0 amide bonds. The number of rotatable bonds is 4. The first kappa shape index (κ1) is 34.6. The summed E-state index contributed by atoms with van der Waals surface area (Å²) in [5.41, 5.74) is 5.14. The number of hydrogen-bond donors (Lipinski definition) is 2. The van der Waals surface area contributed by atoms with Gasteiger partial charge in [0.25, 0.3) is 0 Å². The number of alkyl halides is 6. The van der Waals surface area contributed by atoms with Gasteiger partial charge < -0.3 is 24.7 Å². The van der Waals surface area contributed by atoms with Gasteiger partial charge in [0.05, 0.1) is 12.8 Å². The fourth-order valence-electron chi connectivity index (χ4n) is 4.28. The van der Waals surface area contributed by atoms with Gasteiger partial charge in [-0.3, -0.25) is 4.90 Å². The second kappa shape index (κ2) is 14.7. The van der Waals surface area contributed by atoms with Gasteiger partial charge in [0.1, 0.15) is 5.75 Å². The lowest BCUT2D eigenvalue weighted by atomic mass is 10.0. The van der Waals surface area contributed by atoms with E-state index in [0.29, 0.717) is 0 Å². The van der Waals surface area contributed by atoms with Crippen LogP contribution >= 0.6 is 11.3 Å². The number of anilines is 1. The minimum Gasteiger partial charge on any atom is -0.497 e. The van der Waals surface area contributed by atoms with Crippen LogP contribution in [0.25, 0.3) is 11.3 Å². The number of carboxylic acids is 2. The predicted octanol–water partition coefficient (Wildman–Crippen LogP) is 5.35. The highest BCUT2D eigenvalue weighted by molar-refractivity contribution is 7.16. The van der Waals surface area contributed by atoms with Crippen LogP contribution in [-0.4, -0.2) is 89.6 Å². The second-order valence-corrected chi connectivity index (χ2v) is 10.9. The standard InChI is InChI=1S/C24H28N4OS.2C2HF3O2/c1-26-11-13-28(14-12-26)24-25-23-21-6-4-3-5-19(21)16-27(17-22(23)30-24)15-18-7-9-20(29-2)10-8-18;2*3-2(4,5)1(6)7/h3-10H,11-17H2,1-2H3;2*(H,6,7). The molecule has 2 aliphatic heterocycles. The Morgan fingerprint density at radius 1 is 0.886 bits per heavy atom. The lowest BCUT2D eigenvalue weighted by Gasteiger charge is -2.32. The Kier molecular flexibility index (Phi) is 11.6. The molecule has 5 rings (SSSR count). The van der Waals surface area contributed by atoms with E-state index in [2.05, 4.69) is 58.1 Å². The molecule has 3 aromatic rings. The zero-order valence-corrected chi connectivity index (χ0v) is 24.5. The van der Waals surface area contributed by atoms with Crippen molar-refractivity contribution in [1.82, 2.24) is 14.8 Å². The molecule has 0 aliphatic carbocycles. The van der Waals surface area contributed by atoms with E-state index in [1.807, 2.05) is 23.5 Å². The lowest BCUT2D eigenvalue weighted by Crippen LogP contribution is -2.44. The number of carboxylic acid groups (broad SMARTS) is 2. The zero-order chi connectivity index (χ0) is 32.7. The van der Waals surface area contributed by atoms with E-state index in [-0.39, 0.29) is 0 Å². The fraction of sp³-hybridized carbons (Fsp3) is 0.393. The van der Waals surface area contributed by atoms with Crippen LogP contribution in [0.15, 0.2) is 48.5 Å². The van der Waals surface area contributed by atoms with Crippen molar-refractivity contribution in [2.45, 2.75) is 32.0 Å². The number of piperazine rings is 1. The third-order valence-corrected chi connectivity index (χ3v) is 7.64. The molecule has 16 heteroatoms. The topological polar surface area (TPSA) is 106 Å². The predicted molar refractivity (Wildman–Crippen MR) is 151 cm³/mol. The van der Waals surface area contributed by atoms with Crippen molar-refractivity contribution in [3.63, 3.8) is 0 Å². The molecule has 0 bridgehead atoms. The Balaban J connectivity index is 0.000000317. The molecule has 2 aromatic carbocycles. The molecular formula is C28H30F6N4O5S. The molecule has 1 saturated heterocycles. The molecule has 1 aromatic heterocycles. The Morgan fingerprint density at radius 3 is 1.95 bits per heavy atom. The van der Waals surface area contributed by atoms with Crippen LogP contribution in [0.4, 0.5) is 31.5 Å². The van der Waals surface area contributed by atoms with Gasteiger partial charge >= 0.3 is 24.3 Å². The summed E-state index contributed by atoms with van der Waals surface area (Å²) in [7, 11) is 3.91. The van der Waals surface area contributed by atoms with Gasteiger partial charge in [0.2, 0.25) is 0 Å². The number of ether oxygens (including phenoxy) is 1. The number of hydrogen-bond acceptors (Lipinski definition) is 8. The largest absolute Gasteiger partial charge is 0.497 e. The van der Waals surface area contributed by atoms with Crippen molar-refractivity contribution < 1.29 is 50.9 Å². The number of aromatic nitrogens is 1. The first-order valence-electron chi connectivity index (χ1n) is 13.1. The van der Waals surface area contributed by atoms with Gasteiger partial charge in [-0.05, 0) is 30.3 Å². The van der Waals surface area contributed by atoms with E-state index >= 15 is 0 Å². The monoisotopic (exact) mass is 648 g/mol. The molecule has 1 fully saturated rings. The molecule has 0 unspecified atom stereocenters. The quantitative estimate of drug-likeness (QED) is 0.362. The molecule has 0 spiro atoms. The number of nitrogens with zero attached hydrogens (tertiary/aromatic N) is 4. The molecular weight excluding hydrogens is 618 g/mol. The average molecular weight is 649 g/mol. The van der Waals surface area contributed by atoms with E-state index < -0.39 is 24.3 Å². The molecule has 9 nitrogen and oxygen atoms in total. The third-order valence-electron chi connectivity index (χ3n) is 6.54. The number of aliphatic carboxylic acids is 2. The summed E-state index contributed by atoms with van der Waals surface area (Å²) >= 11 is 1.88. The van der Waals surface area contributed by atoms with E-state index in [1.54, 1.807) is 7.11 Å². The summed E-state index contributed by atoms with van der Waals surface area (Å²) in [5.74, 6) is -4.61. The molecule has 0 saturated carbocycles. The Morgan fingerprint density at radius 2 is 1.43 bits per heavy atom. The van der Waals surface area contributed by atoms with Gasteiger partial charge in [0.15, 0.2) is 5.13 Å². The number of benzene rings is 2. The Hall–Kier alpha value is -3.89. The normalized spacial score (nSPS) is 15.4. The first-order valence-corrected chi connectivity index (χ1v) is 13.9. The van der Waals surface area contributed by atoms with Gasteiger partial charge in [-0.2, -0.15) is 26.3 Å². The Bertz CT molecular complexity index is 1380. The molecule has 0 radical (unpaired) electrons. The van der Waals surface area contributed by atoms with Crippen molar-refractivity contribution in [2.24, 2.45) is 0 Å². The molecule has 0 atom stereocenters. The SMILES string of the molecule is COc1ccc(CN2Cc3ccccc3-c3nc(N4CCN(C)CC4)sc3C2)cc1.O=C(O)C(F)(F)F.O=C(O)C(F)(F)F. The zero-order valence-electron chi connectivity index (χ0n) is 23.7. The van der Waals surface area contributed by atoms with E-state index in [4.69, 9.17) is 29.5 Å². The summed E-state index contributed by atoms with van der Waals surface area (Å²) in [6.45, 7) is 7.10. The third kappa shape index (κ3) is 9.82. The van der Waals surface area contributed by atoms with Crippen molar-refractivity contribution in [1.29, 1.82) is 0 Å². The highest BCUT2D eigenvalue weighted by Crippen LogP contribution is 2.39. The van der Waals surface area contributed by atoms with Crippen LogP contribution in [0.2, 0.25) is 0 Å². The van der Waals surface area contributed by atoms with Crippen LogP contribution in [0.5, 0.6) is 5.75 Å². The number of halogens is 6. The molecule has 2 aliphatic rings. The van der Waals surface area contributed by atoms with Crippen molar-refractivity contribution in [2.75, 3.05) is 45.2 Å². The van der Waals surface area contributed by atoms with Crippen molar-refractivity contribution in [3.05, 3.63) is 64.5 Å². The van der Waals surface area contributed by atoms with Gasteiger partial charge in [-0.1, -0.05) is 47.7 Å². The lowest BCUT2D eigenvalue weighted by molar-refractivity contribution is -0.193. The maximum Gasteiger partial charge on any atom is 0.490 e. The highest BCUT2D eigenvalue weighted by atomic mass is 32.1. The molecule has 2 N–H and O–H groups in total. The van der Waals surface area contributed by atoms with E-state index in [0.717, 1.165) is 51.6 Å². The fourth-order valence-corrected chi connectivity index (χ4v) is 5.45. The summed E-state index contributed by atoms with van der Waals surface area (Å²) in [5, 5.41) is 15.4. The summed E-state index contributed by atoms with van der Waals surface area (Å²) in [4.78, 5) is 31.7. The number of carbonyl (C=O) groups is 2. The van der Waals surface area contributed by atoms with Crippen LogP contribution in [0.1, 0.15) is 16.0 Å². The van der Waals surface area contributed by atoms with Gasteiger partial charge in [-0.15, -0.1) is 0 Å². The van der Waals surface area contributed by atoms with Gasteiger partial charge in [-0.25, -0.2) is 14.6 Å². The molecule has 240 valence electrons. The number of fused-ring (bicyclic) bond motifs is 3. The summed E-state index contributed by atoms with van der Waals surface area (Å²) in [6, 6.07) is 17.2. The number of likely N-dealkylation sites (N-methyl/N-ethyl adjacent to an activating group) is 1. The second-order valence-electron chi connectivity index (χ2n) is 9.81.